The number of benzene rings is 2. The Kier molecular flexibility index (Phi) is 7.50. The van der Waals surface area contributed by atoms with Crippen molar-refractivity contribution in [2.24, 2.45) is 0 Å². The van der Waals surface area contributed by atoms with Gasteiger partial charge in [-0.2, -0.15) is 0 Å². The molecule has 1 aromatic heterocycles. The molecule has 6 rings (SSSR count). The van der Waals surface area contributed by atoms with Gasteiger partial charge < -0.3 is 24.2 Å². The molecule has 40 heavy (non-hydrogen) atoms. The van der Waals surface area contributed by atoms with Gasteiger partial charge in [-0.05, 0) is 81.3 Å². The number of urea groups is 1. The van der Waals surface area contributed by atoms with Crippen LogP contribution in [-0.2, 0) is 16.1 Å². The number of aromatic nitrogens is 1. The largest absolute Gasteiger partial charge is 0.465 e. The molecule has 2 amide bonds. The summed E-state index contributed by atoms with van der Waals surface area (Å²) in [5, 5.41) is 8.46. The minimum Gasteiger partial charge on any atom is -0.465 e. The summed E-state index contributed by atoms with van der Waals surface area (Å²) in [6.45, 7) is 2.22. The summed E-state index contributed by atoms with van der Waals surface area (Å²) in [4.78, 5) is 27.1. The van der Waals surface area contributed by atoms with E-state index < -0.39 is 5.97 Å². The molecule has 10 heteroatoms. The lowest BCUT2D eigenvalue weighted by Crippen LogP contribution is -2.50. The summed E-state index contributed by atoms with van der Waals surface area (Å²) in [5.41, 5.74) is 4.16. The molecule has 3 fully saturated rings. The van der Waals surface area contributed by atoms with Crippen molar-refractivity contribution in [1.82, 2.24) is 10.1 Å². The van der Waals surface area contributed by atoms with Crippen molar-refractivity contribution in [2.75, 3.05) is 12.4 Å². The molecule has 1 aliphatic carbocycles. The molecule has 210 valence electrons. The topological polar surface area (TPSA) is 93.9 Å². The van der Waals surface area contributed by atoms with E-state index in [1.165, 1.54) is 7.11 Å². The second kappa shape index (κ2) is 11.1. The molecule has 2 bridgehead atoms. The number of carbonyl (C=O) groups excluding carboxylic acids is 2. The average molecular weight is 584 g/mol. The Morgan fingerprint density at radius 1 is 1.07 bits per heavy atom. The number of methoxy groups -OCH3 is 1. The number of amides is 2. The highest BCUT2D eigenvalue weighted by molar-refractivity contribution is 6.39. The number of nitrogens with zero attached hydrogens (tertiary/aromatic N) is 2. The van der Waals surface area contributed by atoms with E-state index in [0.717, 1.165) is 55.4 Å². The number of anilines is 1. The van der Waals surface area contributed by atoms with Gasteiger partial charge in [0.1, 0.15) is 11.5 Å². The molecule has 2 unspecified atom stereocenters. The lowest BCUT2D eigenvalue weighted by atomic mass is 9.99. The van der Waals surface area contributed by atoms with E-state index in [0.29, 0.717) is 45.1 Å². The van der Waals surface area contributed by atoms with Crippen LogP contribution in [0.15, 0.2) is 40.9 Å². The molecule has 8 nitrogen and oxygen atoms in total. The summed E-state index contributed by atoms with van der Waals surface area (Å²) >= 11 is 13.0. The first-order valence-electron chi connectivity index (χ1n) is 13.7. The molecular weight excluding hydrogens is 553 g/mol. The Morgan fingerprint density at radius 3 is 2.40 bits per heavy atom. The Morgan fingerprint density at radius 2 is 1.77 bits per heavy atom. The van der Waals surface area contributed by atoms with Gasteiger partial charge in [0, 0.05) is 34.8 Å². The Hall–Kier alpha value is -3.07. The van der Waals surface area contributed by atoms with Crippen LogP contribution in [0.25, 0.3) is 11.3 Å². The van der Waals surface area contributed by atoms with Gasteiger partial charge in [0.2, 0.25) is 0 Å². The maximum Gasteiger partial charge on any atom is 0.337 e. The minimum absolute atomic E-state index is 0.0131. The summed E-state index contributed by atoms with van der Waals surface area (Å²) < 4.78 is 17.1. The van der Waals surface area contributed by atoms with Crippen molar-refractivity contribution >= 4 is 40.9 Å². The molecule has 2 saturated heterocycles. The maximum atomic E-state index is 13.3. The molecule has 2 atom stereocenters. The fourth-order valence-corrected chi connectivity index (χ4v) is 6.65. The van der Waals surface area contributed by atoms with Crippen molar-refractivity contribution in [3.8, 4) is 11.3 Å². The Labute approximate surface area is 242 Å². The molecule has 1 saturated carbocycles. The number of hydrogen-bond donors (Lipinski definition) is 1. The SMILES string of the molecule is COC(=O)c1ccc(NC(=O)N2C3CCC2CC(OCc2c(-c4c(Cl)cccc4Cl)noc2C2CC2)C3)c(C)c1. The highest BCUT2D eigenvalue weighted by Gasteiger charge is 2.44. The first-order chi connectivity index (χ1) is 19.3. The van der Waals surface area contributed by atoms with Crippen LogP contribution in [0, 0.1) is 6.92 Å². The highest BCUT2D eigenvalue weighted by Crippen LogP contribution is 2.46. The molecule has 3 aromatic rings. The van der Waals surface area contributed by atoms with Crippen LogP contribution in [0.4, 0.5) is 10.5 Å². The van der Waals surface area contributed by atoms with Crippen molar-refractivity contribution in [1.29, 1.82) is 0 Å². The monoisotopic (exact) mass is 583 g/mol. The number of esters is 1. The predicted octanol–water partition coefficient (Wildman–Crippen LogP) is 7.36. The zero-order valence-corrected chi connectivity index (χ0v) is 23.9. The first-order valence-corrected chi connectivity index (χ1v) is 14.4. The number of fused-ring (bicyclic) bond motifs is 2. The summed E-state index contributed by atoms with van der Waals surface area (Å²) in [6, 6.07) is 10.6. The molecule has 2 aliphatic heterocycles. The zero-order chi connectivity index (χ0) is 28.0. The van der Waals surface area contributed by atoms with Gasteiger partial charge in [0.05, 0.1) is 35.4 Å². The van der Waals surface area contributed by atoms with E-state index in [1.807, 2.05) is 17.9 Å². The van der Waals surface area contributed by atoms with Gasteiger partial charge in [-0.1, -0.05) is 34.4 Å². The smallest absolute Gasteiger partial charge is 0.337 e. The molecule has 3 heterocycles. The van der Waals surface area contributed by atoms with E-state index in [4.69, 9.17) is 37.2 Å². The van der Waals surface area contributed by atoms with Gasteiger partial charge in [0.25, 0.3) is 0 Å². The van der Waals surface area contributed by atoms with Crippen molar-refractivity contribution < 1.29 is 23.6 Å². The number of aryl methyl sites for hydroxylation is 1. The minimum atomic E-state index is -0.404. The summed E-state index contributed by atoms with van der Waals surface area (Å²) in [5.74, 6) is 0.811. The number of piperidine rings is 1. The summed E-state index contributed by atoms with van der Waals surface area (Å²) in [7, 11) is 1.35. The quantitative estimate of drug-likeness (QED) is 0.292. The molecule has 1 N–H and O–H groups in total. The Bertz CT molecular complexity index is 1420. The fraction of sp³-hybridized carbons (Fsp3) is 0.433. The van der Waals surface area contributed by atoms with E-state index in [9.17, 15) is 9.59 Å². The number of carbonyl (C=O) groups is 2. The molecule has 0 spiro atoms. The number of nitrogens with one attached hydrogen (secondary N) is 1. The van der Waals surface area contributed by atoms with Crippen LogP contribution < -0.4 is 5.32 Å². The lowest BCUT2D eigenvalue weighted by Gasteiger charge is -2.38. The second-order valence-electron chi connectivity index (χ2n) is 10.9. The highest BCUT2D eigenvalue weighted by atomic mass is 35.5. The molecular formula is C30H31Cl2N3O5. The number of halogens is 2. The zero-order valence-electron chi connectivity index (χ0n) is 22.4. The van der Waals surface area contributed by atoms with Crippen molar-refractivity contribution in [3.05, 3.63) is 68.9 Å². The van der Waals surface area contributed by atoms with Crippen LogP contribution >= 0.6 is 23.2 Å². The third-order valence-corrected chi connectivity index (χ3v) is 8.87. The van der Waals surface area contributed by atoms with Gasteiger partial charge in [-0.3, -0.25) is 0 Å². The second-order valence-corrected chi connectivity index (χ2v) is 11.7. The third-order valence-electron chi connectivity index (χ3n) is 8.24. The van der Waals surface area contributed by atoms with Crippen LogP contribution in [-0.4, -0.2) is 47.4 Å². The summed E-state index contributed by atoms with van der Waals surface area (Å²) in [6.07, 6.45) is 5.56. The maximum absolute atomic E-state index is 13.3. The number of hydrogen-bond acceptors (Lipinski definition) is 6. The van der Waals surface area contributed by atoms with E-state index in [-0.39, 0.29) is 24.2 Å². The molecule has 3 aliphatic rings. The lowest BCUT2D eigenvalue weighted by molar-refractivity contribution is -0.0158. The number of rotatable bonds is 7. The van der Waals surface area contributed by atoms with Gasteiger partial charge >= 0.3 is 12.0 Å². The van der Waals surface area contributed by atoms with Gasteiger partial charge in [0.15, 0.2) is 0 Å². The van der Waals surface area contributed by atoms with Crippen LogP contribution in [0.2, 0.25) is 10.0 Å². The molecule has 2 aromatic carbocycles. The fourth-order valence-electron chi connectivity index (χ4n) is 6.07. The standard InChI is InChI=1S/C30H31Cl2N3O5/c1-16-12-18(29(36)38-2)8-11-25(16)33-30(37)35-19-9-10-20(35)14-21(13-19)39-15-22-27(34-40-28(22)17-6-7-17)26-23(31)4-3-5-24(26)32/h3-5,8,11-12,17,19-21H,6-7,9-10,13-15H2,1-2H3,(H,33,37). The molecule has 0 radical (unpaired) electrons. The van der Waals surface area contributed by atoms with Crippen LogP contribution in [0.5, 0.6) is 0 Å². The predicted molar refractivity (Wildman–Crippen MR) is 152 cm³/mol. The first kappa shape index (κ1) is 27.1. The van der Waals surface area contributed by atoms with Gasteiger partial charge in [-0.25, -0.2) is 9.59 Å². The van der Waals surface area contributed by atoms with Crippen molar-refractivity contribution in [2.45, 2.75) is 76.2 Å². The van der Waals surface area contributed by atoms with Crippen LogP contribution in [0.3, 0.4) is 0 Å². The van der Waals surface area contributed by atoms with Gasteiger partial charge in [-0.15, -0.1) is 0 Å². The average Bonchev–Trinajstić information content (AvgIpc) is 3.64. The van der Waals surface area contributed by atoms with E-state index in [1.54, 1.807) is 30.3 Å². The normalized spacial score (nSPS) is 21.9. The van der Waals surface area contributed by atoms with Crippen LogP contribution in [0.1, 0.15) is 71.7 Å². The van der Waals surface area contributed by atoms with Crippen molar-refractivity contribution in [3.63, 3.8) is 0 Å². The van der Waals surface area contributed by atoms with E-state index >= 15 is 0 Å². The number of ether oxygens (including phenoxy) is 2. The third kappa shape index (κ3) is 5.20. The Balaban J connectivity index is 1.13. The van der Waals surface area contributed by atoms with E-state index in [2.05, 4.69) is 10.5 Å².